The second-order valence-corrected chi connectivity index (χ2v) is 6.69. The molecule has 0 radical (unpaired) electrons. The lowest BCUT2D eigenvalue weighted by Gasteiger charge is -2.35. The Hall–Kier alpha value is -2.76. The maximum atomic E-state index is 12.5. The van der Waals surface area contributed by atoms with Gasteiger partial charge in [-0.15, -0.1) is 0 Å². The summed E-state index contributed by atoms with van der Waals surface area (Å²) in [6.07, 6.45) is 1.35. The number of likely N-dealkylation sites (tertiary alicyclic amines) is 1. The Balaban J connectivity index is 1.32. The van der Waals surface area contributed by atoms with Crippen LogP contribution in [0.25, 0.3) is 10.8 Å². The molecule has 6 nitrogen and oxygen atoms in total. The molecule has 0 spiro atoms. The highest BCUT2D eigenvalue weighted by Gasteiger charge is 2.33. The maximum absolute atomic E-state index is 12.5. The quantitative estimate of drug-likeness (QED) is 0.847. The summed E-state index contributed by atoms with van der Waals surface area (Å²) in [5.74, 6) is 0.714. The highest BCUT2D eigenvalue weighted by molar-refractivity contribution is 5.88. The van der Waals surface area contributed by atoms with Crippen molar-refractivity contribution in [2.75, 3.05) is 32.8 Å². The minimum Gasteiger partial charge on any atom is -0.483 e. The van der Waals surface area contributed by atoms with Crippen LogP contribution in [0.1, 0.15) is 12.8 Å². The number of hydrogen-bond acceptors (Lipinski definition) is 4. The second-order valence-electron chi connectivity index (χ2n) is 6.69. The number of amides is 2. The number of benzene rings is 2. The Labute approximate surface area is 152 Å². The molecule has 0 saturated carbocycles. The van der Waals surface area contributed by atoms with E-state index >= 15 is 0 Å². The lowest BCUT2D eigenvalue weighted by molar-refractivity contribution is -0.134. The van der Waals surface area contributed by atoms with Crippen molar-refractivity contribution in [3.05, 3.63) is 42.5 Å². The molecule has 0 atom stereocenters. The van der Waals surface area contributed by atoms with Gasteiger partial charge in [0.25, 0.3) is 5.91 Å². The smallest absolute Gasteiger partial charge is 0.410 e. The largest absolute Gasteiger partial charge is 0.483 e. The Morgan fingerprint density at radius 3 is 2.62 bits per heavy atom. The minimum atomic E-state index is -0.228. The number of ether oxygens (including phenoxy) is 2. The van der Waals surface area contributed by atoms with Gasteiger partial charge in [0, 0.05) is 24.5 Å². The van der Waals surface area contributed by atoms with Gasteiger partial charge < -0.3 is 19.3 Å². The molecule has 2 aliphatic rings. The van der Waals surface area contributed by atoms with Gasteiger partial charge in [-0.25, -0.2) is 4.79 Å². The highest BCUT2D eigenvalue weighted by atomic mass is 16.6. The fourth-order valence-corrected chi connectivity index (χ4v) is 3.72. The molecule has 2 aromatic carbocycles. The summed E-state index contributed by atoms with van der Waals surface area (Å²) < 4.78 is 10.8. The van der Waals surface area contributed by atoms with E-state index in [-0.39, 0.29) is 24.6 Å². The van der Waals surface area contributed by atoms with Gasteiger partial charge in [0.15, 0.2) is 6.61 Å². The van der Waals surface area contributed by atoms with Crippen molar-refractivity contribution in [1.29, 1.82) is 0 Å². The molecule has 136 valence electrons. The van der Waals surface area contributed by atoms with Crippen molar-refractivity contribution < 1.29 is 19.1 Å². The first-order valence-electron chi connectivity index (χ1n) is 9.04. The van der Waals surface area contributed by atoms with Gasteiger partial charge in [-0.1, -0.05) is 36.4 Å². The molecule has 4 rings (SSSR count). The Kier molecular flexibility index (Phi) is 4.65. The molecular weight excluding hydrogens is 332 g/mol. The molecule has 2 heterocycles. The molecule has 2 aliphatic heterocycles. The van der Waals surface area contributed by atoms with E-state index in [9.17, 15) is 9.59 Å². The van der Waals surface area contributed by atoms with Crippen molar-refractivity contribution in [2.24, 2.45) is 0 Å². The van der Waals surface area contributed by atoms with E-state index in [1.807, 2.05) is 47.4 Å². The van der Waals surface area contributed by atoms with E-state index in [1.165, 1.54) is 0 Å². The SMILES string of the molecule is O=C(COc1cccc2ccccc12)N1CCC(N2CCOC2=O)CC1. The molecule has 2 saturated heterocycles. The molecule has 2 fully saturated rings. The average Bonchev–Trinajstić information content (AvgIpc) is 3.12. The van der Waals surface area contributed by atoms with Crippen LogP contribution in [0.4, 0.5) is 4.79 Å². The molecule has 0 bridgehead atoms. The van der Waals surface area contributed by atoms with Crippen molar-refractivity contribution in [1.82, 2.24) is 9.80 Å². The fourth-order valence-electron chi connectivity index (χ4n) is 3.72. The first-order valence-corrected chi connectivity index (χ1v) is 9.04. The van der Waals surface area contributed by atoms with Crippen molar-refractivity contribution >= 4 is 22.8 Å². The number of carbonyl (C=O) groups excluding carboxylic acids is 2. The lowest BCUT2D eigenvalue weighted by Crippen LogP contribution is -2.48. The van der Waals surface area contributed by atoms with Crippen LogP contribution in [0.2, 0.25) is 0 Å². The Bertz CT molecular complexity index is 809. The zero-order chi connectivity index (χ0) is 17.9. The van der Waals surface area contributed by atoms with E-state index in [2.05, 4.69) is 0 Å². The molecule has 0 N–H and O–H groups in total. The van der Waals surface area contributed by atoms with Gasteiger partial charge in [-0.2, -0.15) is 0 Å². The van der Waals surface area contributed by atoms with Gasteiger partial charge in [-0.3, -0.25) is 4.79 Å². The molecule has 0 aromatic heterocycles. The van der Waals surface area contributed by atoms with Crippen molar-refractivity contribution in [3.8, 4) is 5.75 Å². The zero-order valence-corrected chi connectivity index (χ0v) is 14.6. The summed E-state index contributed by atoms with van der Waals surface area (Å²) in [4.78, 5) is 27.8. The number of rotatable bonds is 4. The van der Waals surface area contributed by atoms with Crippen LogP contribution >= 0.6 is 0 Å². The number of cyclic esters (lactones) is 1. The van der Waals surface area contributed by atoms with Crippen molar-refractivity contribution in [3.63, 3.8) is 0 Å². The summed E-state index contributed by atoms with van der Waals surface area (Å²) in [6.45, 7) is 2.45. The maximum Gasteiger partial charge on any atom is 0.410 e. The average molecular weight is 354 g/mol. The molecule has 0 aliphatic carbocycles. The molecule has 0 unspecified atom stereocenters. The third-order valence-corrected chi connectivity index (χ3v) is 5.15. The van der Waals surface area contributed by atoms with Crippen LogP contribution in [0, 0.1) is 0 Å². The topological polar surface area (TPSA) is 59.1 Å². The van der Waals surface area contributed by atoms with Crippen LogP contribution < -0.4 is 4.74 Å². The van der Waals surface area contributed by atoms with Gasteiger partial charge in [0.05, 0.1) is 6.54 Å². The summed E-state index contributed by atoms with van der Waals surface area (Å²) >= 11 is 0. The monoisotopic (exact) mass is 354 g/mol. The number of nitrogens with zero attached hydrogens (tertiary/aromatic N) is 2. The number of piperidine rings is 1. The predicted molar refractivity (Wildman–Crippen MR) is 97.1 cm³/mol. The van der Waals surface area contributed by atoms with Crippen LogP contribution in [0.5, 0.6) is 5.75 Å². The van der Waals surface area contributed by atoms with Gasteiger partial charge >= 0.3 is 6.09 Å². The van der Waals surface area contributed by atoms with Gasteiger partial charge in [-0.05, 0) is 24.3 Å². The van der Waals surface area contributed by atoms with E-state index in [0.29, 0.717) is 26.2 Å². The molecular formula is C20H22N2O4. The van der Waals surface area contributed by atoms with Crippen LogP contribution in [0.3, 0.4) is 0 Å². The molecule has 2 aromatic rings. The molecule has 6 heteroatoms. The number of hydrogen-bond donors (Lipinski definition) is 0. The minimum absolute atomic E-state index is 0.0135. The fraction of sp³-hybridized carbons (Fsp3) is 0.400. The summed E-state index contributed by atoms with van der Waals surface area (Å²) in [7, 11) is 0. The number of carbonyl (C=O) groups is 2. The highest BCUT2D eigenvalue weighted by Crippen LogP contribution is 2.25. The van der Waals surface area contributed by atoms with Crippen molar-refractivity contribution in [2.45, 2.75) is 18.9 Å². The summed E-state index contributed by atoms with van der Waals surface area (Å²) in [5.41, 5.74) is 0. The third kappa shape index (κ3) is 3.31. The first-order chi connectivity index (χ1) is 12.7. The van der Waals surface area contributed by atoms with E-state index in [0.717, 1.165) is 29.4 Å². The Morgan fingerprint density at radius 2 is 1.85 bits per heavy atom. The third-order valence-electron chi connectivity index (χ3n) is 5.15. The molecule has 2 amide bonds. The Morgan fingerprint density at radius 1 is 1.08 bits per heavy atom. The predicted octanol–water partition coefficient (Wildman–Crippen LogP) is 2.66. The summed E-state index contributed by atoms with van der Waals surface area (Å²) in [6, 6.07) is 14.0. The van der Waals surface area contributed by atoms with Gasteiger partial charge in [0.2, 0.25) is 0 Å². The first kappa shape index (κ1) is 16.7. The lowest BCUT2D eigenvalue weighted by atomic mass is 10.0. The zero-order valence-electron chi connectivity index (χ0n) is 14.6. The van der Waals surface area contributed by atoms with E-state index < -0.39 is 0 Å². The second kappa shape index (κ2) is 7.23. The normalized spacial score (nSPS) is 18.2. The van der Waals surface area contributed by atoms with E-state index in [1.54, 1.807) is 4.90 Å². The standard InChI is InChI=1S/C20H22N2O4/c23-19(14-26-18-7-3-5-15-4-1-2-6-17(15)18)21-10-8-16(9-11-21)22-12-13-25-20(22)24/h1-7,16H,8-14H2. The van der Waals surface area contributed by atoms with Crippen LogP contribution in [0.15, 0.2) is 42.5 Å². The molecule has 26 heavy (non-hydrogen) atoms. The van der Waals surface area contributed by atoms with E-state index in [4.69, 9.17) is 9.47 Å². The summed E-state index contributed by atoms with van der Waals surface area (Å²) in [5, 5.41) is 2.10. The van der Waals surface area contributed by atoms with Gasteiger partial charge in [0.1, 0.15) is 12.4 Å². The van der Waals surface area contributed by atoms with Crippen LogP contribution in [-0.4, -0.2) is 60.7 Å². The number of fused-ring (bicyclic) bond motifs is 1. The van der Waals surface area contributed by atoms with Crippen LogP contribution in [-0.2, 0) is 9.53 Å².